The highest BCUT2D eigenvalue weighted by Crippen LogP contribution is 2.26. The molecule has 124 valence electrons. The van der Waals surface area contributed by atoms with E-state index in [-0.39, 0.29) is 24.2 Å². The highest BCUT2D eigenvalue weighted by Gasteiger charge is 2.35. The average molecular weight is 322 g/mol. The largest absolute Gasteiger partial charge is 0.326 e. The molecule has 4 nitrogen and oxygen atoms in total. The quantitative estimate of drug-likeness (QED) is 0.938. The Morgan fingerprint density at radius 1 is 1.00 bits per heavy atom. The van der Waals surface area contributed by atoms with E-state index in [0.717, 1.165) is 28.1 Å². The molecule has 1 N–H and O–H groups in total. The molecule has 1 saturated heterocycles. The Bertz CT molecular complexity index is 760. The van der Waals surface area contributed by atoms with Gasteiger partial charge in [0, 0.05) is 24.3 Å². The first-order valence-corrected chi connectivity index (χ1v) is 8.18. The normalized spacial score (nSPS) is 17.2. The summed E-state index contributed by atoms with van der Waals surface area (Å²) < 4.78 is 0. The number of carbonyl (C=O) groups is 2. The highest BCUT2D eigenvalue weighted by molar-refractivity contribution is 6.03. The van der Waals surface area contributed by atoms with Crippen LogP contribution >= 0.6 is 0 Å². The Morgan fingerprint density at radius 3 is 2.25 bits per heavy atom. The fraction of sp³-hybridized carbons (Fsp3) is 0.300. The lowest BCUT2D eigenvalue weighted by atomic mass is 10.1. The van der Waals surface area contributed by atoms with Crippen molar-refractivity contribution in [1.29, 1.82) is 0 Å². The third-order valence-electron chi connectivity index (χ3n) is 4.33. The molecule has 2 amide bonds. The van der Waals surface area contributed by atoms with Crippen LogP contribution in [-0.4, -0.2) is 18.4 Å². The van der Waals surface area contributed by atoms with Gasteiger partial charge in [-0.15, -0.1) is 0 Å². The van der Waals surface area contributed by atoms with Crippen LogP contribution in [0.1, 0.15) is 23.1 Å². The molecule has 0 spiro atoms. The van der Waals surface area contributed by atoms with E-state index in [9.17, 15) is 9.59 Å². The van der Waals surface area contributed by atoms with Gasteiger partial charge in [-0.05, 0) is 56.2 Å². The van der Waals surface area contributed by atoms with E-state index < -0.39 is 0 Å². The number of hydrogen-bond acceptors (Lipinski definition) is 2. The van der Waals surface area contributed by atoms with Crippen molar-refractivity contribution in [3.63, 3.8) is 0 Å². The summed E-state index contributed by atoms with van der Waals surface area (Å²) in [5, 5.41) is 2.95. The first-order chi connectivity index (χ1) is 11.4. The fourth-order valence-corrected chi connectivity index (χ4v) is 3.15. The number of nitrogens with one attached hydrogen (secondary N) is 1. The van der Waals surface area contributed by atoms with Crippen molar-refractivity contribution >= 4 is 23.2 Å². The molecule has 1 atom stereocenters. The summed E-state index contributed by atoms with van der Waals surface area (Å²) in [6.45, 7) is 6.44. The zero-order chi connectivity index (χ0) is 17.3. The second-order valence-electron chi connectivity index (χ2n) is 6.61. The van der Waals surface area contributed by atoms with Gasteiger partial charge in [0.1, 0.15) is 0 Å². The molecule has 0 radical (unpaired) electrons. The van der Waals surface area contributed by atoms with E-state index >= 15 is 0 Å². The van der Waals surface area contributed by atoms with Gasteiger partial charge in [0.2, 0.25) is 11.8 Å². The molecule has 0 aliphatic carbocycles. The van der Waals surface area contributed by atoms with E-state index in [1.807, 2.05) is 57.2 Å². The maximum absolute atomic E-state index is 12.5. The summed E-state index contributed by atoms with van der Waals surface area (Å²) >= 11 is 0. The molecule has 0 unspecified atom stereocenters. The molecule has 1 heterocycles. The van der Waals surface area contributed by atoms with Crippen molar-refractivity contribution in [2.45, 2.75) is 27.2 Å². The van der Waals surface area contributed by atoms with E-state index in [4.69, 9.17) is 0 Å². The summed E-state index contributed by atoms with van der Waals surface area (Å²) in [5.41, 5.74) is 5.00. The maximum atomic E-state index is 12.5. The van der Waals surface area contributed by atoms with Crippen LogP contribution in [0.5, 0.6) is 0 Å². The van der Waals surface area contributed by atoms with Gasteiger partial charge >= 0.3 is 0 Å². The number of rotatable bonds is 3. The highest BCUT2D eigenvalue weighted by atomic mass is 16.2. The first kappa shape index (κ1) is 16.2. The Balaban J connectivity index is 1.70. The van der Waals surface area contributed by atoms with E-state index in [1.54, 1.807) is 4.90 Å². The summed E-state index contributed by atoms with van der Waals surface area (Å²) in [5.74, 6) is -0.415. The smallest absolute Gasteiger partial charge is 0.229 e. The zero-order valence-corrected chi connectivity index (χ0v) is 14.3. The Hall–Kier alpha value is -2.62. The molecular formula is C20H22N2O2. The minimum atomic E-state index is -0.320. The topological polar surface area (TPSA) is 49.4 Å². The van der Waals surface area contributed by atoms with Crippen molar-refractivity contribution < 1.29 is 9.59 Å². The Labute approximate surface area is 142 Å². The zero-order valence-electron chi connectivity index (χ0n) is 14.3. The molecule has 1 aliphatic heterocycles. The number of aryl methyl sites for hydroxylation is 3. The molecule has 0 bridgehead atoms. The molecule has 2 aromatic rings. The summed E-state index contributed by atoms with van der Waals surface area (Å²) in [7, 11) is 0. The Kier molecular flexibility index (Phi) is 4.38. The molecular weight excluding hydrogens is 300 g/mol. The number of hydrogen-bond donors (Lipinski definition) is 1. The van der Waals surface area contributed by atoms with Crippen molar-refractivity contribution in [3.8, 4) is 0 Å². The minimum absolute atomic E-state index is 0.000532. The fourth-order valence-electron chi connectivity index (χ4n) is 3.15. The van der Waals surface area contributed by atoms with Gasteiger partial charge in [-0.2, -0.15) is 0 Å². The number of amides is 2. The van der Waals surface area contributed by atoms with Crippen LogP contribution in [0.25, 0.3) is 0 Å². The van der Waals surface area contributed by atoms with Gasteiger partial charge in [-0.25, -0.2) is 0 Å². The summed E-state index contributed by atoms with van der Waals surface area (Å²) in [4.78, 5) is 26.5. The van der Waals surface area contributed by atoms with Crippen molar-refractivity contribution in [2.24, 2.45) is 5.92 Å². The van der Waals surface area contributed by atoms with Crippen molar-refractivity contribution in [1.82, 2.24) is 0 Å². The summed E-state index contributed by atoms with van der Waals surface area (Å²) in [6.07, 6.45) is 0.254. The third kappa shape index (κ3) is 3.48. The van der Waals surface area contributed by atoms with Crippen molar-refractivity contribution in [3.05, 3.63) is 59.2 Å². The van der Waals surface area contributed by atoms with E-state index in [2.05, 4.69) is 11.4 Å². The van der Waals surface area contributed by atoms with Gasteiger partial charge in [0.15, 0.2) is 0 Å². The van der Waals surface area contributed by atoms with Crippen LogP contribution < -0.4 is 10.2 Å². The first-order valence-electron chi connectivity index (χ1n) is 8.18. The van der Waals surface area contributed by atoms with Crippen LogP contribution in [0.4, 0.5) is 11.4 Å². The molecule has 1 fully saturated rings. The lowest BCUT2D eigenvalue weighted by Gasteiger charge is -2.17. The van der Waals surface area contributed by atoms with Crippen LogP contribution in [0.3, 0.4) is 0 Å². The van der Waals surface area contributed by atoms with E-state index in [1.165, 1.54) is 0 Å². The lowest BCUT2D eigenvalue weighted by molar-refractivity contribution is -0.122. The predicted octanol–water partition coefficient (Wildman–Crippen LogP) is 3.60. The van der Waals surface area contributed by atoms with Gasteiger partial charge in [-0.3, -0.25) is 9.59 Å². The third-order valence-corrected chi connectivity index (χ3v) is 4.33. The van der Waals surface area contributed by atoms with Crippen LogP contribution in [0.2, 0.25) is 0 Å². The number of benzene rings is 2. The molecule has 0 aromatic heterocycles. The molecule has 0 saturated carbocycles. The maximum Gasteiger partial charge on any atom is 0.229 e. The molecule has 2 aromatic carbocycles. The van der Waals surface area contributed by atoms with E-state index in [0.29, 0.717) is 6.54 Å². The molecule has 4 heteroatoms. The number of carbonyl (C=O) groups excluding carboxylic acids is 2. The van der Waals surface area contributed by atoms with Gasteiger partial charge < -0.3 is 10.2 Å². The van der Waals surface area contributed by atoms with Crippen molar-refractivity contribution in [2.75, 3.05) is 16.8 Å². The SMILES string of the molecule is Cc1ccc(N2C[C@@H](C(=O)Nc3cc(C)cc(C)c3)CC2=O)cc1. The molecule has 3 rings (SSSR count). The van der Waals surface area contributed by atoms with Gasteiger partial charge in [0.05, 0.1) is 5.92 Å². The lowest BCUT2D eigenvalue weighted by Crippen LogP contribution is -2.28. The standard InChI is InChI=1S/C20H22N2O2/c1-13-4-6-18(7-5-13)22-12-16(11-19(22)23)20(24)21-17-9-14(2)8-15(3)10-17/h4-10,16H,11-12H2,1-3H3,(H,21,24)/t16-/m0/s1. The second kappa shape index (κ2) is 6.48. The number of anilines is 2. The molecule has 24 heavy (non-hydrogen) atoms. The van der Waals surface area contributed by atoms with Crippen LogP contribution in [-0.2, 0) is 9.59 Å². The Morgan fingerprint density at radius 2 is 1.62 bits per heavy atom. The number of nitrogens with zero attached hydrogens (tertiary/aromatic N) is 1. The summed E-state index contributed by atoms with van der Waals surface area (Å²) in [6, 6.07) is 13.8. The molecule has 1 aliphatic rings. The van der Waals surface area contributed by atoms with Gasteiger partial charge in [0.25, 0.3) is 0 Å². The van der Waals surface area contributed by atoms with Crippen LogP contribution in [0.15, 0.2) is 42.5 Å². The predicted molar refractivity (Wildman–Crippen MR) is 96.2 cm³/mol. The van der Waals surface area contributed by atoms with Gasteiger partial charge in [-0.1, -0.05) is 23.8 Å². The minimum Gasteiger partial charge on any atom is -0.326 e. The average Bonchev–Trinajstić information content (AvgIpc) is 2.89. The van der Waals surface area contributed by atoms with Crippen LogP contribution in [0, 0.1) is 26.7 Å². The monoisotopic (exact) mass is 322 g/mol. The second-order valence-corrected chi connectivity index (χ2v) is 6.61.